The van der Waals surface area contributed by atoms with E-state index in [1.54, 1.807) is 36.4 Å². The highest BCUT2D eigenvalue weighted by atomic mass is 32.1. The van der Waals surface area contributed by atoms with Crippen molar-refractivity contribution in [3.63, 3.8) is 0 Å². The van der Waals surface area contributed by atoms with Gasteiger partial charge < -0.3 is 14.4 Å². The quantitative estimate of drug-likeness (QED) is 0.232. The predicted molar refractivity (Wildman–Crippen MR) is 143 cm³/mol. The lowest BCUT2D eigenvalue weighted by molar-refractivity contribution is -0.122. The van der Waals surface area contributed by atoms with E-state index in [-0.39, 0.29) is 10.7 Å². The second-order valence-corrected chi connectivity index (χ2v) is 8.76. The van der Waals surface area contributed by atoms with Crippen molar-refractivity contribution in [3.8, 4) is 11.5 Å². The van der Waals surface area contributed by atoms with Crippen LogP contribution in [0.3, 0.4) is 0 Å². The molecule has 0 aromatic heterocycles. The number of para-hydroxylation sites is 1. The molecule has 0 atom stereocenters. The molecule has 9 heteroatoms. The van der Waals surface area contributed by atoms with Crippen LogP contribution in [0.5, 0.6) is 11.5 Å². The van der Waals surface area contributed by atoms with Crippen LogP contribution in [0.1, 0.15) is 10.4 Å². The Morgan fingerprint density at radius 3 is 2.16 bits per heavy atom. The number of thiocarbonyl (C=S) groups is 1. The predicted octanol–water partition coefficient (Wildman–Crippen LogP) is 3.87. The van der Waals surface area contributed by atoms with Gasteiger partial charge in [0.25, 0.3) is 11.8 Å². The first-order valence-corrected chi connectivity index (χ1v) is 12.1. The highest BCUT2D eigenvalue weighted by Gasteiger charge is 2.35. The topological polar surface area (TPSA) is 88.2 Å². The van der Waals surface area contributed by atoms with Crippen molar-refractivity contribution < 1.29 is 23.9 Å². The molecule has 0 aliphatic carbocycles. The Hall–Kier alpha value is -4.34. The number of hydrogen-bond acceptors (Lipinski definition) is 7. The molecule has 2 saturated heterocycles. The summed E-state index contributed by atoms with van der Waals surface area (Å²) in [5, 5.41) is 2.44. The summed E-state index contributed by atoms with van der Waals surface area (Å²) in [6.07, 6.45) is 1.06. The minimum atomic E-state index is -0.714. The van der Waals surface area contributed by atoms with E-state index < -0.39 is 17.6 Å². The Morgan fingerprint density at radius 2 is 1.49 bits per heavy atom. The third-order valence-corrected chi connectivity index (χ3v) is 6.26. The zero-order valence-electron chi connectivity index (χ0n) is 19.8. The van der Waals surface area contributed by atoms with Crippen molar-refractivity contribution in [1.29, 1.82) is 0 Å². The van der Waals surface area contributed by atoms with E-state index in [2.05, 4.69) is 10.2 Å². The molecule has 2 aliphatic rings. The van der Waals surface area contributed by atoms with E-state index in [0.717, 1.165) is 24.9 Å². The summed E-state index contributed by atoms with van der Waals surface area (Å²) in [6.45, 7) is 2.87. The van der Waals surface area contributed by atoms with Crippen molar-refractivity contribution in [2.75, 3.05) is 36.1 Å². The number of ether oxygens (including phenoxy) is 2. The number of nitrogens with one attached hydrogen (secondary N) is 1. The number of carbonyl (C=O) groups excluding carboxylic acids is 3. The number of rotatable bonds is 6. The van der Waals surface area contributed by atoms with E-state index in [1.165, 1.54) is 4.90 Å². The Balaban J connectivity index is 1.33. The van der Waals surface area contributed by atoms with Crippen LogP contribution < -0.4 is 19.9 Å². The summed E-state index contributed by atoms with van der Waals surface area (Å²) in [5.74, 6) is -0.599. The SMILES string of the molecule is O=C1NC(=S)N(c2ccc(Oc3ccccc3)cc2)C(=O)C1=CC(=O)c1ccc(N2CCOCC2)cc1. The molecule has 0 unspecified atom stereocenters. The molecule has 5 rings (SSSR count). The van der Waals surface area contributed by atoms with Crippen LogP contribution in [0, 0.1) is 0 Å². The van der Waals surface area contributed by atoms with E-state index in [0.29, 0.717) is 36.0 Å². The van der Waals surface area contributed by atoms with E-state index >= 15 is 0 Å². The smallest absolute Gasteiger partial charge is 0.270 e. The Morgan fingerprint density at radius 1 is 0.865 bits per heavy atom. The van der Waals surface area contributed by atoms with Gasteiger partial charge in [0, 0.05) is 30.4 Å². The summed E-state index contributed by atoms with van der Waals surface area (Å²) in [6, 6.07) is 23.0. The molecule has 2 amide bonds. The fourth-order valence-electron chi connectivity index (χ4n) is 4.05. The number of nitrogens with zero attached hydrogens (tertiary/aromatic N) is 2. The maximum Gasteiger partial charge on any atom is 0.270 e. The van der Waals surface area contributed by atoms with E-state index in [9.17, 15) is 14.4 Å². The van der Waals surface area contributed by atoms with Crippen molar-refractivity contribution in [2.24, 2.45) is 0 Å². The first-order chi connectivity index (χ1) is 18.0. The fourth-order valence-corrected chi connectivity index (χ4v) is 4.33. The van der Waals surface area contributed by atoms with E-state index in [1.807, 2.05) is 42.5 Å². The number of carbonyl (C=O) groups is 3. The lowest BCUT2D eigenvalue weighted by atomic mass is 10.0. The number of allylic oxidation sites excluding steroid dienone is 1. The number of benzene rings is 3. The molecule has 0 radical (unpaired) electrons. The Labute approximate surface area is 219 Å². The molecule has 1 N–H and O–H groups in total. The Kier molecular flexibility index (Phi) is 7.07. The number of morpholine rings is 1. The maximum atomic E-state index is 13.3. The van der Waals surface area contributed by atoms with Gasteiger partial charge in [0.05, 0.1) is 18.9 Å². The van der Waals surface area contributed by atoms with Gasteiger partial charge in [-0.2, -0.15) is 0 Å². The summed E-state index contributed by atoms with van der Waals surface area (Å²) >= 11 is 5.25. The molecular weight excluding hydrogens is 490 g/mol. The van der Waals surface area contributed by atoms with Crippen LogP contribution in [0.15, 0.2) is 90.5 Å². The van der Waals surface area contributed by atoms with Gasteiger partial charge in [-0.15, -0.1) is 0 Å². The van der Waals surface area contributed by atoms with Gasteiger partial charge in [-0.3, -0.25) is 24.6 Å². The maximum absolute atomic E-state index is 13.3. The zero-order chi connectivity index (χ0) is 25.8. The first-order valence-electron chi connectivity index (χ1n) is 11.7. The zero-order valence-corrected chi connectivity index (χ0v) is 20.6. The molecule has 3 aromatic rings. The van der Waals surface area contributed by atoms with Crippen molar-refractivity contribution in [1.82, 2.24) is 5.32 Å². The van der Waals surface area contributed by atoms with Gasteiger partial charge in [-0.05, 0) is 72.9 Å². The molecule has 2 fully saturated rings. The minimum Gasteiger partial charge on any atom is -0.457 e. The molecule has 2 aliphatic heterocycles. The van der Waals surface area contributed by atoms with Crippen LogP contribution in [-0.2, 0) is 14.3 Å². The van der Waals surface area contributed by atoms with Gasteiger partial charge in [0.1, 0.15) is 17.1 Å². The number of amides is 2. The lowest BCUT2D eigenvalue weighted by Crippen LogP contribution is -2.54. The van der Waals surface area contributed by atoms with Gasteiger partial charge in [-0.1, -0.05) is 18.2 Å². The van der Waals surface area contributed by atoms with Crippen LogP contribution in [0.4, 0.5) is 11.4 Å². The average Bonchev–Trinajstić information content (AvgIpc) is 2.93. The second kappa shape index (κ2) is 10.7. The summed E-state index contributed by atoms with van der Waals surface area (Å²) in [7, 11) is 0. The fraction of sp³-hybridized carbons (Fsp3) is 0.143. The number of anilines is 2. The number of ketones is 1. The molecular formula is C28H23N3O5S. The molecule has 0 spiro atoms. The van der Waals surface area contributed by atoms with Crippen LogP contribution in [0.2, 0.25) is 0 Å². The molecule has 0 saturated carbocycles. The molecule has 8 nitrogen and oxygen atoms in total. The standard InChI is InChI=1S/C28H23N3O5S/c32-25(19-6-8-20(9-7-19)30-14-16-35-17-15-30)18-24-26(33)29-28(37)31(27(24)34)21-10-12-23(13-11-21)36-22-4-2-1-3-5-22/h1-13,18H,14-17H2,(H,29,33,37). The normalized spacial score (nSPS) is 17.1. The molecule has 186 valence electrons. The largest absolute Gasteiger partial charge is 0.457 e. The monoisotopic (exact) mass is 513 g/mol. The summed E-state index contributed by atoms with van der Waals surface area (Å²) in [5.41, 5.74) is 1.49. The third kappa shape index (κ3) is 5.42. The van der Waals surface area contributed by atoms with Crippen LogP contribution in [-0.4, -0.2) is 49.0 Å². The second-order valence-electron chi connectivity index (χ2n) is 8.38. The van der Waals surface area contributed by atoms with Gasteiger partial charge in [-0.25, -0.2) is 0 Å². The van der Waals surface area contributed by atoms with Crippen molar-refractivity contribution >= 4 is 46.3 Å². The van der Waals surface area contributed by atoms with Crippen molar-refractivity contribution in [3.05, 3.63) is 96.1 Å². The highest BCUT2D eigenvalue weighted by molar-refractivity contribution is 7.80. The molecule has 0 bridgehead atoms. The highest BCUT2D eigenvalue weighted by Crippen LogP contribution is 2.27. The third-order valence-electron chi connectivity index (χ3n) is 5.98. The molecule has 3 aromatic carbocycles. The van der Waals surface area contributed by atoms with Crippen LogP contribution >= 0.6 is 12.2 Å². The van der Waals surface area contributed by atoms with E-state index in [4.69, 9.17) is 21.7 Å². The van der Waals surface area contributed by atoms with Crippen molar-refractivity contribution in [2.45, 2.75) is 0 Å². The lowest BCUT2D eigenvalue weighted by Gasteiger charge is -2.29. The summed E-state index contributed by atoms with van der Waals surface area (Å²) < 4.78 is 11.2. The minimum absolute atomic E-state index is 0.0637. The first kappa shape index (κ1) is 24.4. The average molecular weight is 514 g/mol. The molecule has 37 heavy (non-hydrogen) atoms. The van der Waals surface area contributed by atoms with Gasteiger partial charge in [0.2, 0.25) is 0 Å². The number of hydrogen-bond donors (Lipinski definition) is 1. The van der Waals surface area contributed by atoms with Crippen LogP contribution in [0.25, 0.3) is 0 Å². The van der Waals surface area contributed by atoms with Gasteiger partial charge >= 0.3 is 0 Å². The molecule has 2 heterocycles. The van der Waals surface area contributed by atoms with Gasteiger partial charge in [0.15, 0.2) is 10.9 Å². The Bertz CT molecular complexity index is 1370. The summed E-state index contributed by atoms with van der Waals surface area (Å²) in [4.78, 5) is 42.1.